The van der Waals surface area contributed by atoms with Crippen molar-refractivity contribution in [2.75, 3.05) is 0 Å². The molecule has 3 aromatic rings. The lowest BCUT2D eigenvalue weighted by Crippen LogP contribution is -2.01. The molecule has 0 aliphatic heterocycles. The first-order chi connectivity index (χ1) is 10.7. The summed E-state index contributed by atoms with van der Waals surface area (Å²) in [5.41, 5.74) is 2.62. The first-order valence-electron chi connectivity index (χ1n) is 6.92. The summed E-state index contributed by atoms with van der Waals surface area (Å²) in [5.74, 6) is 7.07. The molecule has 2 heterocycles. The second-order valence-corrected chi connectivity index (χ2v) is 5.32. The maximum atomic E-state index is 5.95. The fourth-order valence-electron chi connectivity index (χ4n) is 2.10. The Morgan fingerprint density at radius 3 is 2.82 bits per heavy atom. The zero-order valence-electron chi connectivity index (χ0n) is 12.1. The molecule has 0 N–H and O–H groups in total. The fourth-order valence-corrected chi connectivity index (χ4v) is 2.29. The van der Waals surface area contributed by atoms with E-state index in [2.05, 4.69) is 21.8 Å². The maximum Gasteiger partial charge on any atom is 0.131 e. The lowest BCUT2D eigenvalue weighted by Gasteiger charge is -2.02. The van der Waals surface area contributed by atoms with Gasteiger partial charge in [0.15, 0.2) is 0 Å². The zero-order chi connectivity index (χ0) is 15.4. The molecule has 3 rings (SSSR count). The smallest absolute Gasteiger partial charge is 0.131 e. The number of halogens is 1. The first-order valence-corrected chi connectivity index (χ1v) is 7.30. The Balaban J connectivity index is 1.81. The van der Waals surface area contributed by atoms with Crippen LogP contribution in [0.5, 0.6) is 0 Å². The number of pyridine rings is 1. The van der Waals surface area contributed by atoms with Crippen LogP contribution in [-0.4, -0.2) is 14.5 Å². The number of imidazole rings is 1. The molecule has 22 heavy (non-hydrogen) atoms. The van der Waals surface area contributed by atoms with Crippen molar-refractivity contribution < 1.29 is 0 Å². The lowest BCUT2D eigenvalue weighted by molar-refractivity contribution is 0.742. The first kappa shape index (κ1) is 14.4. The highest BCUT2D eigenvalue weighted by molar-refractivity contribution is 6.30. The maximum absolute atomic E-state index is 5.95. The van der Waals surface area contributed by atoms with Gasteiger partial charge in [0.1, 0.15) is 11.5 Å². The van der Waals surface area contributed by atoms with Gasteiger partial charge in [0.25, 0.3) is 0 Å². The summed E-state index contributed by atoms with van der Waals surface area (Å²) in [6.07, 6.45) is 3.74. The highest BCUT2D eigenvalue weighted by atomic mass is 35.5. The Labute approximate surface area is 134 Å². The van der Waals surface area contributed by atoms with Crippen molar-refractivity contribution in [2.45, 2.75) is 13.5 Å². The van der Waals surface area contributed by atoms with E-state index in [1.807, 2.05) is 60.2 Å². The van der Waals surface area contributed by atoms with Crippen molar-refractivity contribution in [2.24, 2.45) is 0 Å². The molecule has 0 aliphatic carbocycles. The van der Waals surface area contributed by atoms with Gasteiger partial charge in [0.05, 0.1) is 12.2 Å². The van der Waals surface area contributed by atoms with Gasteiger partial charge in [0.2, 0.25) is 0 Å². The van der Waals surface area contributed by atoms with Crippen LogP contribution in [0.2, 0.25) is 5.02 Å². The topological polar surface area (TPSA) is 30.7 Å². The Morgan fingerprint density at radius 2 is 2.05 bits per heavy atom. The molecule has 2 aromatic heterocycles. The molecule has 0 spiro atoms. The molecular formula is C18H14ClN3. The minimum atomic E-state index is 0.684. The molecule has 0 aliphatic rings. The fraction of sp³-hybridized carbons (Fsp3) is 0.111. The summed E-state index contributed by atoms with van der Waals surface area (Å²) in [7, 11) is 0. The van der Waals surface area contributed by atoms with E-state index in [1.54, 1.807) is 6.20 Å². The van der Waals surface area contributed by atoms with E-state index in [0.29, 0.717) is 11.6 Å². The van der Waals surface area contributed by atoms with Gasteiger partial charge in [-0.15, -0.1) is 0 Å². The van der Waals surface area contributed by atoms with Gasteiger partial charge in [-0.2, -0.15) is 0 Å². The van der Waals surface area contributed by atoms with Crippen molar-refractivity contribution >= 4 is 11.6 Å². The molecule has 0 atom stereocenters. The number of hydrogen-bond acceptors (Lipinski definition) is 2. The molecule has 108 valence electrons. The molecule has 0 unspecified atom stereocenters. The highest BCUT2D eigenvalue weighted by Crippen LogP contribution is 2.10. The molecule has 4 heteroatoms. The molecule has 0 amide bonds. The third kappa shape index (κ3) is 3.55. The van der Waals surface area contributed by atoms with Crippen LogP contribution in [0.1, 0.15) is 22.8 Å². The van der Waals surface area contributed by atoms with Crippen molar-refractivity contribution in [3.8, 4) is 11.8 Å². The molecular weight excluding hydrogens is 294 g/mol. The van der Waals surface area contributed by atoms with E-state index in [0.717, 1.165) is 22.8 Å². The monoisotopic (exact) mass is 307 g/mol. The van der Waals surface area contributed by atoms with E-state index in [4.69, 9.17) is 11.6 Å². The van der Waals surface area contributed by atoms with Crippen LogP contribution in [0.15, 0.2) is 54.9 Å². The Hall–Kier alpha value is -2.57. The van der Waals surface area contributed by atoms with Crippen LogP contribution >= 0.6 is 11.6 Å². The quantitative estimate of drug-likeness (QED) is 0.676. The molecule has 0 radical (unpaired) electrons. The van der Waals surface area contributed by atoms with Crippen LogP contribution in [0, 0.1) is 18.8 Å². The summed E-state index contributed by atoms with van der Waals surface area (Å²) in [4.78, 5) is 8.80. The van der Waals surface area contributed by atoms with Gasteiger partial charge in [-0.05, 0) is 43.2 Å². The Bertz CT molecular complexity index is 842. The van der Waals surface area contributed by atoms with Crippen LogP contribution in [0.3, 0.4) is 0 Å². The zero-order valence-corrected chi connectivity index (χ0v) is 12.9. The third-order valence-electron chi connectivity index (χ3n) is 3.19. The van der Waals surface area contributed by atoms with E-state index in [1.165, 1.54) is 0 Å². The number of benzene rings is 1. The van der Waals surface area contributed by atoms with E-state index in [-0.39, 0.29) is 0 Å². The molecule has 1 aromatic carbocycles. The number of rotatable bonds is 2. The van der Waals surface area contributed by atoms with Gasteiger partial charge in [-0.25, -0.2) is 4.98 Å². The van der Waals surface area contributed by atoms with Crippen LogP contribution in [0.25, 0.3) is 0 Å². The second kappa shape index (κ2) is 6.46. The standard InChI is InChI=1S/C18H14ClN3/c1-14-21-18(9-8-15-5-4-6-16(19)11-15)13-22(14)12-17-7-2-3-10-20-17/h2-7,10-11,13H,12H2,1H3. The SMILES string of the molecule is Cc1nc(C#Cc2cccc(Cl)c2)cn1Cc1ccccn1. The summed E-state index contributed by atoms with van der Waals surface area (Å²) >= 11 is 5.95. The van der Waals surface area contributed by atoms with Crippen molar-refractivity contribution in [3.63, 3.8) is 0 Å². The van der Waals surface area contributed by atoms with Crippen molar-refractivity contribution in [1.82, 2.24) is 14.5 Å². The summed E-state index contributed by atoms with van der Waals surface area (Å²) in [5, 5.41) is 0.684. The molecule has 3 nitrogen and oxygen atoms in total. The average molecular weight is 308 g/mol. The largest absolute Gasteiger partial charge is 0.328 e. The minimum absolute atomic E-state index is 0.684. The summed E-state index contributed by atoms with van der Waals surface area (Å²) < 4.78 is 2.05. The predicted octanol–water partition coefficient (Wildman–Crippen LogP) is 3.69. The van der Waals surface area contributed by atoms with Crippen LogP contribution < -0.4 is 0 Å². The van der Waals surface area contributed by atoms with E-state index < -0.39 is 0 Å². The van der Waals surface area contributed by atoms with Gasteiger partial charge < -0.3 is 4.57 Å². The van der Waals surface area contributed by atoms with E-state index >= 15 is 0 Å². The van der Waals surface area contributed by atoms with Crippen LogP contribution in [-0.2, 0) is 6.54 Å². The Morgan fingerprint density at radius 1 is 1.14 bits per heavy atom. The number of aryl methyl sites for hydroxylation is 1. The lowest BCUT2D eigenvalue weighted by atomic mass is 10.2. The summed E-state index contributed by atoms with van der Waals surface area (Å²) in [6.45, 7) is 2.66. The van der Waals surface area contributed by atoms with Crippen molar-refractivity contribution in [3.05, 3.63) is 82.7 Å². The number of aromatic nitrogens is 3. The minimum Gasteiger partial charge on any atom is -0.328 e. The number of nitrogens with zero attached hydrogens (tertiary/aromatic N) is 3. The predicted molar refractivity (Wildman–Crippen MR) is 87.7 cm³/mol. The highest BCUT2D eigenvalue weighted by Gasteiger charge is 2.03. The normalized spacial score (nSPS) is 10.1. The molecule has 0 bridgehead atoms. The van der Waals surface area contributed by atoms with Gasteiger partial charge >= 0.3 is 0 Å². The van der Waals surface area contributed by atoms with Gasteiger partial charge in [-0.1, -0.05) is 29.7 Å². The molecule has 0 fully saturated rings. The average Bonchev–Trinajstić information content (AvgIpc) is 2.87. The van der Waals surface area contributed by atoms with Gasteiger partial charge in [0, 0.05) is 23.0 Å². The summed E-state index contributed by atoms with van der Waals surface area (Å²) in [6, 6.07) is 13.4. The Kier molecular flexibility index (Phi) is 4.22. The van der Waals surface area contributed by atoms with E-state index in [9.17, 15) is 0 Å². The third-order valence-corrected chi connectivity index (χ3v) is 3.43. The molecule has 0 saturated carbocycles. The van der Waals surface area contributed by atoms with Gasteiger partial charge in [-0.3, -0.25) is 4.98 Å². The molecule has 0 saturated heterocycles. The second-order valence-electron chi connectivity index (χ2n) is 4.88. The number of hydrogen-bond donors (Lipinski definition) is 0. The van der Waals surface area contributed by atoms with Crippen molar-refractivity contribution in [1.29, 1.82) is 0 Å². The van der Waals surface area contributed by atoms with Crippen LogP contribution in [0.4, 0.5) is 0 Å².